The molecule has 1 aliphatic rings. The van der Waals surface area contributed by atoms with E-state index in [1.807, 2.05) is 13.0 Å². The van der Waals surface area contributed by atoms with Crippen LogP contribution < -0.4 is 0 Å². The summed E-state index contributed by atoms with van der Waals surface area (Å²) in [4.78, 5) is 17.0. The summed E-state index contributed by atoms with van der Waals surface area (Å²) >= 11 is 0. The van der Waals surface area contributed by atoms with Crippen LogP contribution in [-0.4, -0.2) is 53.2 Å². The molecule has 0 bridgehead atoms. The summed E-state index contributed by atoms with van der Waals surface area (Å²) in [6.07, 6.45) is 6.56. The molecule has 0 aliphatic carbocycles. The number of hydrogen-bond donors (Lipinski definition) is 0. The summed E-state index contributed by atoms with van der Waals surface area (Å²) in [6, 6.07) is 4.80. The molecule has 0 spiro atoms. The van der Waals surface area contributed by atoms with Crippen molar-refractivity contribution in [2.45, 2.75) is 46.6 Å². The van der Waals surface area contributed by atoms with Crippen LogP contribution in [0.1, 0.15) is 60.8 Å². The van der Waals surface area contributed by atoms with Crippen molar-refractivity contribution in [3.63, 3.8) is 0 Å². The fourth-order valence-corrected chi connectivity index (χ4v) is 4.25. The molecule has 0 atom stereocenters. The monoisotopic (exact) mass is 379 g/mol. The third-order valence-electron chi connectivity index (χ3n) is 6.26. The number of nitrogens with zero attached hydrogens (tertiary/aromatic N) is 3. The molecule has 4 nitrogen and oxygen atoms in total. The highest BCUT2D eigenvalue weighted by Gasteiger charge is 2.25. The van der Waals surface area contributed by atoms with E-state index in [0.717, 1.165) is 54.0 Å². The SMILES string of the molecule is C=C(c1c(C)c(C(C)=O)cc2cc(/C(C)=C/C)cn12)N1CCC(N(C)C)CC1. The highest BCUT2D eigenvalue weighted by atomic mass is 16.1. The smallest absolute Gasteiger partial charge is 0.160 e. The zero-order chi connectivity index (χ0) is 20.6. The van der Waals surface area contributed by atoms with E-state index in [9.17, 15) is 4.79 Å². The van der Waals surface area contributed by atoms with Crippen LogP contribution in [0.15, 0.2) is 31.0 Å². The minimum Gasteiger partial charge on any atom is -0.370 e. The number of aromatic nitrogens is 1. The molecule has 150 valence electrons. The van der Waals surface area contributed by atoms with Gasteiger partial charge >= 0.3 is 0 Å². The van der Waals surface area contributed by atoms with Gasteiger partial charge in [-0.25, -0.2) is 0 Å². The molecule has 0 aromatic carbocycles. The molecule has 0 N–H and O–H groups in total. The maximum absolute atomic E-state index is 12.3. The highest BCUT2D eigenvalue weighted by Crippen LogP contribution is 2.31. The number of Topliss-reactive ketones (excluding diaryl/α,β-unsaturated/α-hetero) is 1. The second-order valence-corrected chi connectivity index (χ2v) is 8.21. The maximum Gasteiger partial charge on any atom is 0.160 e. The Morgan fingerprint density at radius 1 is 1.21 bits per heavy atom. The number of likely N-dealkylation sites (tertiary alicyclic amines) is 1. The predicted octanol–water partition coefficient (Wildman–Crippen LogP) is 4.87. The van der Waals surface area contributed by atoms with E-state index in [-0.39, 0.29) is 5.78 Å². The average Bonchev–Trinajstić information content (AvgIpc) is 3.10. The van der Waals surface area contributed by atoms with Crippen LogP contribution in [0.2, 0.25) is 0 Å². The van der Waals surface area contributed by atoms with Gasteiger partial charge in [-0.15, -0.1) is 0 Å². The Kier molecular flexibility index (Phi) is 5.80. The number of hydrogen-bond acceptors (Lipinski definition) is 3. The van der Waals surface area contributed by atoms with E-state index >= 15 is 0 Å². The van der Waals surface area contributed by atoms with Gasteiger partial charge in [0.25, 0.3) is 0 Å². The first kappa shape index (κ1) is 20.4. The summed E-state index contributed by atoms with van der Waals surface area (Å²) in [5.74, 6) is 0.103. The van der Waals surface area contributed by atoms with Gasteiger partial charge in [0.2, 0.25) is 0 Å². The zero-order valence-electron chi connectivity index (χ0n) is 18.2. The molecule has 0 radical (unpaired) electrons. The molecule has 2 aromatic heterocycles. The van der Waals surface area contributed by atoms with Crippen molar-refractivity contribution in [1.82, 2.24) is 14.2 Å². The van der Waals surface area contributed by atoms with Gasteiger partial charge in [0.1, 0.15) is 0 Å². The minimum atomic E-state index is 0.103. The van der Waals surface area contributed by atoms with E-state index < -0.39 is 0 Å². The van der Waals surface area contributed by atoms with Crippen LogP contribution in [0.3, 0.4) is 0 Å². The lowest BCUT2D eigenvalue weighted by atomic mass is 9.99. The molecule has 2 aromatic rings. The second-order valence-electron chi connectivity index (χ2n) is 8.21. The number of ketones is 1. The Labute approximate surface area is 169 Å². The van der Waals surface area contributed by atoms with Gasteiger partial charge in [0, 0.05) is 36.4 Å². The van der Waals surface area contributed by atoms with Gasteiger partial charge in [0.05, 0.1) is 11.4 Å². The van der Waals surface area contributed by atoms with Gasteiger partial charge in [-0.05, 0) is 83.5 Å². The summed E-state index contributed by atoms with van der Waals surface area (Å²) in [7, 11) is 4.31. The predicted molar refractivity (Wildman–Crippen MR) is 119 cm³/mol. The van der Waals surface area contributed by atoms with E-state index in [0.29, 0.717) is 6.04 Å². The summed E-state index contributed by atoms with van der Waals surface area (Å²) in [5, 5.41) is 0. The summed E-state index contributed by atoms with van der Waals surface area (Å²) in [5.41, 5.74) is 7.34. The first-order chi connectivity index (χ1) is 13.2. The molecule has 3 heterocycles. The Hall–Kier alpha value is -2.33. The average molecular weight is 380 g/mol. The van der Waals surface area contributed by atoms with Crippen LogP contribution in [-0.2, 0) is 0 Å². The number of carbonyl (C=O) groups is 1. The minimum absolute atomic E-state index is 0.103. The third kappa shape index (κ3) is 3.66. The highest BCUT2D eigenvalue weighted by molar-refractivity contribution is 5.98. The lowest BCUT2D eigenvalue weighted by molar-refractivity contribution is 0.101. The van der Waals surface area contributed by atoms with E-state index in [2.05, 4.69) is 67.1 Å². The molecular formula is C24H33N3O. The summed E-state index contributed by atoms with van der Waals surface area (Å²) < 4.78 is 2.21. The topological polar surface area (TPSA) is 28.0 Å². The lowest BCUT2D eigenvalue weighted by Crippen LogP contribution is -2.41. The molecular weight excluding hydrogens is 346 g/mol. The van der Waals surface area contributed by atoms with Crippen LogP contribution in [0, 0.1) is 6.92 Å². The number of rotatable bonds is 5. The Morgan fingerprint density at radius 2 is 1.86 bits per heavy atom. The van der Waals surface area contributed by atoms with E-state index in [1.165, 1.54) is 11.1 Å². The van der Waals surface area contributed by atoms with Crippen LogP contribution in [0.4, 0.5) is 0 Å². The zero-order valence-corrected chi connectivity index (χ0v) is 18.2. The van der Waals surface area contributed by atoms with Crippen LogP contribution >= 0.6 is 0 Å². The molecule has 1 aliphatic heterocycles. The van der Waals surface area contributed by atoms with Gasteiger partial charge < -0.3 is 14.2 Å². The Morgan fingerprint density at radius 3 is 2.39 bits per heavy atom. The van der Waals surface area contributed by atoms with Crippen molar-refractivity contribution in [3.05, 3.63) is 53.4 Å². The van der Waals surface area contributed by atoms with Crippen molar-refractivity contribution < 1.29 is 4.79 Å². The molecule has 4 heteroatoms. The normalized spacial score (nSPS) is 16.2. The molecule has 1 fully saturated rings. The van der Waals surface area contributed by atoms with Gasteiger partial charge in [0.15, 0.2) is 5.78 Å². The fourth-order valence-electron chi connectivity index (χ4n) is 4.25. The molecule has 3 rings (SSSR count). The van der Waals surface area contributed by atoms with Crippen molar-refractivity contribution in [2.24, 2.45) is 0 Å². The van der Waals surface area contributed by atoms with Crippen molar-refractivity contribution in [2.75, 3.05) is 27.2 Å². The Balaban J connectivity index is 2.07. The number of piperidine rings is 1. The van der Waals surface area contributed by atoms with Crippen molar-refractivity contribution in [1.29, 1.82) is 0 Å². The molecule has 0 amide bonds. The first-order valence-electron chi connectivity index (χ1n) is 10.1. The lowest BCUT2D eigenvalue weighted by Gasteiger charge is -2.38. The van der Waals surface area contributed by atoms with Gasteiger partial charge in [-0.1, -0.05) is 12.7 Å². The molecule has 1 saturated heterocycles. The number of carbonyl (C=O) groups excluding carboxylic acids is 1. The van der Waals surface area contributed by atoms with Crippen molar-refractivity contribution >= 4 is 22.6 Å². The summed E-state index contributed by atoms with van der Waals surface area (Å²) in [6.45, 7) is 14.3. The molecule has 0 unspecified atom stereocenters. The quantitative estimate of drug-likeness (QED) is 0.694. The van der Waals surface area contributed by atoms with Gasteiger partial charge in [-0.3, -0.25) is 4.79 Å². The Bertz CT molecular complexity index is 940. The molecule has 0 saturated carbocycles. The third-order valence-corrected chi connectivity index (χ3v) is 6.26. The van der Waals surface area contributed by atoms with E-state index in [1.54, 1.807) is 6.92 Å². The standard InChI is InChI=1S/C24H33N3O/c1-8-16(2)20-13-22-14-23(19(5)28)17(3)24(27(22)15-20)18(4)26-11-9-21(10-12-26)25(6)7/h8,13-15,21H,4,9-12H2,1-3,5-7H3/b16-8+. The van der Waals surface area contributed by atoms with Crippen LogP contribution in [0.5, 0.6) is 0 Å². The van der Waals surface area contributed by atoms with E-state index in [4.69, 9.17) is 0 Å². The van der Waals surface area contributed by atoms with Crippen molar-refractivity contribution in [3.8, 4) is 0 Å². The number of allylic oxidation sites excluding steroid dienone is 2. The second kappa shape index (κ2) is 7.96. The molecule has 28 heavy (non-hydrogen) atoms. The fraction of sp³-hybridized carbons (Fsp3) is 0.458. The maximum atomic E-state index is 12.3. The number of fused-ring (bicyclic) bond motifs is 1. The van der Waals surface area contributed by atoms with Crippen LogP contribution in [0.25, 0.3) is 16.8 Å². The first-order valence-corrected chi connectivity index (χ1v) is 10.1. The van der Waals surface area contributed by atoms with Gasteiger partial charge in [-0.2, -0.15) is 0 Å². The number of pyridine rings is 1. The largest absolute Gasteiger partial charge is 0.370 e.